The molecule has 0 aliphatic rings. The molecule has 0 aromatic rings. The minimum absolute atomic E-state index is 0.0489. The van der Waals surface area contributed by atoms with Crippen LogP contribution in [0.3, 0.4) is 0 Å². The zero-order valence-corrected chi connectivity index (χ0v) is 9.51. The average molecular weight is 200 g/mol. The average Bonchev–Trinajstić information content (AvgIpc) is 2.15. The first-order valence-corrected chi connectivity index (χ1v) is 5.63. The van der Waals surface area contributed by atoms with E-state index < -0.39 is 0 Å². The van der Waals surface area contributed by atoms with E-state index in [4.69, 9.17) is 5.73 Å². The van der Waals surface area contributed by atoms with Crippen molar-refractivity contribution >= 4 is 5.91 Å². The zero-order valence-electron chi connectivity index (χ0n) is 9.51. The van der Waals surface area contributed by atoms with Crippen molar-refractivity contribution in [3.8, 4) is 0 Å². The normalized spacial score (nSPS) is 10.6. The van der Waals surface area contributed by atoms with Gasteiger partial charge >= 0.3 is 0 Å². The molecule has 0 spiro atoms. The van der Waals surface area contributed by atoms with Crippen molar-refractivity contribution in [1.82, 2.24) is 5.32 Å². The van der Waals surface area contributed by atoms with Gasteiger partial charge in [0.25, 0.3) is 0 Å². The molecule has 3 heteroatoms. The summed E-state index contributed by atoms with van der Waals surface area (Å²) in [5, 5.41) is 2.77. The Morgan fingerprint density at radius 1 is 1.21 bits per heavy atom. The van der Waals surface area contributed by atoms with E-state index in [2.05, 4.69) is 19.2 Å². The molecule has 0 rings (SSSR count). The molecular weight excluding hydrogens is 176 g/mol. The third-order valence-corrected chi connectivity index (χ3v) is 2.22. The van der Waals surface area contributed by atoms with E-state index >= 15 is 0 Å². The molecule has 0 aromatic carbocycles. The van der Waals surface area contributed by atoms with Crippen molar-refractivity contribution in [2.45, 2.75) is 46.0 Å². The maximum Gasteiger partial charge on any atom is 0.233 e. The number of nitrogens with one attached hydrogen (secondary N) is 1. The fourth-order valence-electron chi connectivity index (χ4n) is 1.33. The largest absolute Gasteiger partial charge is 0.355 e. The van der Waals surface area contributed by atoms with Crippen LogP contribution in [0.5, 0.6) is 0 Å². The SMILES string of the molecule is CC(C)CCCCCCNC(=O)CN. The van der Waals surface area contributed by atoms with Gasteiger partial charge in [0.2, 0.25) is 5.91 Å². The first-order chi connectivity index (χ1) is 6.66. The maximum absolute atomic E-state index is 10.8. The molecule has 0 saturated carbocycles. The van der Waals surface area contributed by atoms with Gasteiger partial charge in [-0.05, 0) is 12.3 Å². The number of hydrogen-bond acceptors (Lipinski definition) is 2. The lowest BCUT2D eigenvalue weighted by molar-refractivity contribution is -0.119. The van der Waals surface area contributed by atoms with Crippen LogP contribution in [0.25, 0.3) is 0 Å². The molecule has 1 amide bonds. The molecule has 0 heterocycles. The topological polar surface area (TPSA) is 55.1 Å². The van der Waals surface area contributed by atoms with Crippen LogP contribution in [0.1, 0.15) is 46.0 Å². The van der Waals surface area contributed by atoms with Gasteiger partial charge in [-0.3, -0.25) is 4.79 Å². The number of carbonyl (C=O) groups is 1. The molecule has 0 aliphatic heterocycles. The molecule has 3 N–H and O–H groups in total. The Balaban J connectivity index is 3.03. The van der Waals surface area contributed by atoms with Crippen molar-refractivity contribution in [2.24, 2.45) is 11.7 Å². The molecule has 0 aliphatic carbocycles. The summed E-state index contributed by atoms with van der Waals surface area (Å²) in [5.74, 6) is 0.763. The first-order valence-electron chi connectivity index (χ1n) is 5.63. The molecule has 0 fully saturated rings. The monoisotopic (exact) mass is 200 g/mol. The summed E-state index contributed by atoms with van der Waals surface area (Å²) in [6.07, 6.45) is 6.18. The van der Waals surface area contributed by atoms with E-state index in [1.54, 1.807) is 0 Å². The molecule has 0 radical (unpaired) electrons. The first kappa shape index (κ1) is 13.4. The molecule has 0 atom stereocenters. The number of amides is 1. The van der Waals surface area contributed by atoms with Crippen LogP contribution in [-0.4, -0.2) is 19.0 Å². The highest BCUT2D eigenvalue weighted by atomic mass is 16.1. The Morgan fingerprint density at radius 2 is 1.86 bits per heavy atom. The van der Waals surface area contributed by atoms with Gasteiger partial charge in [-0.1, -0.05) is 39.5 Å². The van der Waals surface area contributed by atoms with Crippen molar-refractivity contribution in [3.05, 3.63) is 0 Å². The fraction of sp³-hybridized carbons (Fsp3) is 0.909. The second kappa shape index (κ2) is 9.00. The van der Waals surface area contributed by atoms with Crippen LogP contribution in [0, 0.1) is 5.92 Å². The van der Waals surface area contributed by atoms with E-state index in [1.165, 1.54) is 25.7 Å². The highest BCUT2D eigenvalue weighted by Crippen LogP contribution is 2.08. The van der Waals surface area contributed by atoms with Crippen molar-refractivity contribution in [2.75, 3.05) is 13.1 Å². The minimum Gasteiger partial charge on any atom is -0.355 e. The number of unbranched alkanes of at least 4 members (excludes halogenated alkanes) is 3. The van der Waals surface area contributed by atoms with Crippen LogP contribution in [0.15, 0.2) is 0 Å². The lowest BCUT2D eigenvalue weighted by atomic mass is 10.0. The molecule has 3 nitrogen and oxygen atoms in total. The minimum atomic E-state index is -0.0489. The molecule has 14 heavy (non-hydrogen) atoms. The molecule has 84 valence electrons. The predicted molar refractivity (Wildman–Crippen MR) is 60.0 cm³/mol. The lowest BCUT2D eigenvalue weighted by Gasteiger charge is -2.05. The standard InChI is InChI=1S/C11H24N2O/c1-10(2)7-5-3-4-6-8-13-11(14)9-12/h10H,3-9,12H2,1-2H3,(H,13,14). The van der Waals surface area contributed by atoms with Gasteiger partial charge in [0, 0.05) is 6.54 Å². The summed E-state index contributed by atoms with van der Waals surface area (Å²) in [7, 11) is 0. The second-order valence-electron chi connectivity index (χ2n) is 4.15. The highest BCUT2D eigenvalue weighted by Gasteiger charge is 1.96. The summed E-state index contributed by atoms with van der Waals surface area (Å²) in [6.45, 7) is 5.38. The van der Waals surface area contributed by atoms with Crippen LogP contribution in [0.4, 0.5) is 0 Å². The Labute approximate surface area is 87.4 Å². The quantitative estimate of drug-likeness (QED) is 0.586. The van der Waals surface area contributed by atoms with Crippen LogP contribution < -0.4 is 11.1 Å². The van der Waals surface area contributed by atoms with Crippen molar-refractivity contribution in [3.63, 3.8) is 0 Å². The van der Waals surface area contributed by atoms with E-state index in [0.29, 0.717) is 0 Å². The van der Waals surface area contributed by atoms with Gasteiger partial charge < -0.3 is 11.1 Å². The molecule has 0 bridgehead atoms. The smallest absolute Gasteiger partial charge is 0.233 e. The van der Waals surface area contributed by atoms with Gasteiger partial charge in [-0.15, -0.1) is 0 Å². The number of nitrogens with two attached hydrogens (primary N) is 1. The summed E-state index contributed by atoms with van der Waals surface area (Å²) in [4.78, 5) is 10.8. The third kappa shape index (κ3) is 9.52. The Morgan fingerprint density at radius 3 is 2.43 bits per heavy atom. The van der Waals surface area contributed by atoms with Gasteiger partial charge in [-0.25, -0.2) is 0 Å². The van der Waals surface area contributed by atoms with Gasteiger partial charge in [-0.2, -0.15) is 0 Å². The summed E-state index contributed by atoms with van der Waals surface area (Å²) < 4.78 is 0. The van der Waals surface area contributed by atoms with Gasteiger partial charge in [0.05, 0.1) is 6.54 Å². The van der Waals surface area contributed by atoms with Crippen molar-refractivity contribution < 1.29 is 4.79 Å². The van der Waals surface area contributed by atoms with E-state index in [0.717, 1.165) is 18.9 Å². The van der Waals surface area contributed by atoms with E-state index in [1.807, 2.05) is 0 Å². The summed E-state index contributed by atoms with van der Waals surface area (Å²) in [5.41, 5.74) is 5.16. The highest BCUT2D eigenvalue weighted by molar-refractivity contribution is 5.77. The lowest BCUT2D eigenvalue weighted by Crippen LogP contribution is -2.30. The maximum atomic E-state index is 10.8. The Bertz CT molecular complexity index is 146. The molecular formula is C11H24N2O. The van der Waals surface area contributed by atoms with Gasteiger partial charge in [0.15, 0.2) is 0 Å². The fourth-order valence-corrected chi connectivity index (χ4v) is 1.33. The van der Waals surface area contributed by atoms with Crippen LogP contribution in [-0.2, 0) is 4.79 Å². The van der Waals surface area contributed by atoms with Crippen LogP contribution >= 0.6 is 0 Å². The second-order valence-corrected chi connectivity index (χ2v) is 4.15. The molecule has 0 saturated heterocycles. The van der Waals surface area contributed by atoms with Crippen molar-refractivity contribution in [1.29, 1.82) is 0 Å². The summed E-state index contributed by atoms with van der Waals surface area (Å²) >= 11 is 0. The molecule has 0 unspecified atom stereocenters. The van der Waals surface area contributed by atoms with E-state index in [-0.39, 0.29) is 12.5 Å². The number of rotatable bonds is 8. The summed E-state index contributed by atoms with van der Waals surface area (Å²) in [6, 6.07) is 0. The molecule has 0 aromatic heterocycles. The van der Waals surface area contributed by atoms with E-state index in [9.17, 15) is 4.79 Å². The Hall–Kier alpha value is -0.570. The Kier molecular flexibility index (Phi) is 8.64. The third-order valence-electron chi connectivity index (χ3n) is 2.22. The van der Waals surface area contributed by atoms with Crippen LogP contribution in [0.2, 0.25) is 0 Å². The zero-order chi connectivity index (χ0) is 10.8. The predicted octanol–water partition coefficient (Wildman–Crippen LogP) is 1.67. The number of carbonyl (C=O) groups excluding carboxylic acids is 1. The van der Waals surface area contributed by atoms with Gasteiger partial charge in [0.1, 0.15) is 0 Å². The number of hydrogen-bond donors (Lipinski definition) is 2.